The number of nitrogens with zero attached hydrogens (tertiary/aromatic N) is 1. The number of benzene rings is 2. The Balaban J connectivity index is 0.00000196. The van der Waals surface area contributed by atoms with Gasteiger partial charge < -0.3 is 20.1 Å². The van der Waals surface area contributed by atoms with E-state index in [1.807, 2.05) is 42.2 Å². The van der Waals surface area contributed by atoms with Crippen LogP contribution in [0.15, 0.2) is 36.4 Å². The Labute approximate surface area is 159 Å². The first-order valence-electron chi connectivity index (χ1n) is 8.70. The first-order valence-corrected chi connectivity index (χ1v) is 8.70. The van der Waals surface area contributed by atoms with Gasteiger partial charge in [-0.05, 0) is 55.2 Å². The normalized spacial score (nSPS) is 18.3. The van der Waals surface area contributed by atoms with E-state index in [2.05, 4.69) is 0 Å². The lowest BCUT2D eigenvalue weighted by Crippen LogP contribution is -2.31. The SMILES string of the molecule is Cc1ccc(N)cc1C(=O)N1CCCC1c1ccc2c(c1)OCCO2.Cl. The molecule has 1 unspecified atom stereocenters. The summed E-state index contributed by atoms with van der Waals surface area (Å²) in [6.07, 6.45) is 1.94. The zero-order chi connectivity index (χ0) is 17.4. The molecule has 5 nitrogen and oxygen atoms in total. The number of rotatable bonds is 2. The van der Waals surface area contributed by atoms with Crippen molar-refractivity contribution in [1.82, 2.24) is 4.90 Å². The highest BCUT2D eigenvalue weighted by Crippen LogP contribution is 2.38. The van der Waals surface area contributed by atoms with Crippen molar-refractivity contribution in [2.75, 3.05) is 25.5 Å². The van der Waals surface area contributed by atoms with Crippen molar-refractivity contribution in [3.8, 4) is 11.5 Å². The van der Waals surface area contributed by atoms with Crippen LogP contribution in [0.2, 0.25) is 0 Å². The van der Waals surface area contributed by atoms with Crippen molar-refractivity contribution < 1.29 is 14.3 Å². The van der Waals surface area contributed by atoms with Gasteiger partial charge in [0.25, 0.3) is 5.91 Å². The summed E-state index contributed by atoms with van der Waals surface area (Å²) in [5.74, 6) is 1.59. The summed E-state index contributed by atoms with van der Waals surface area (Å²) in [5.41, 5.74) is 9.23. The first kappa shape index (κ1) is 18.4. The third kappa shape index (κ3) is 3.31. The van der Waals surface area contributed by atoms with Gasteiger partial charge in [-0.15, -0.1) is 12.4 Å². The molecule has 0 saturated carbocycles. The van der Waals surface area contributed by atoms with Gasteiger partial charge in [0.2, 0.25) is 0 Å². The van der Waals surface area contributed by atoms with E-state index >= 15 is 0 Å². The summed E-state index contributed by atoms with van der Waals surface area (Å²) in [4.78, 5) is 15.1. The number of carbonyl (C=O) groups is 1. The van der Waals surface area contributed by atoms with E-state index in [9.17, 15) is 4.79 Å². The molecule has 2 aromatic rings. The molecule has 1 saturated heterocycles. The highest BCUT2D eigenvalue weighted by Gasteiger charge is 2.32. The highest BCUT2D eigenvalue weighted by atomic mass is 35.5. The Morgan fingerprint density at radius 2 is 1.88 bits per heavy atom. The van der Waals surface area contributed by atoms with Gasteiger partial charge in [-0.1, -0.05) is 12.1 Å². The fraction of sp³-hybridized carbons (Fsp3) is 0.350. The second kappa shape index (κ2) is 7.46. The number of ether oxygens (including phenoxy) is 2. The number of likely N-dealkylation sites (tertiary alicyclic amines) is 1. The summed E-state index contributed by atoms with van der Waals surface area (Å²) in [7, 11) is 0. The Bertz CT molecular complexity index is 825. The number of aryl methyl sites for hydroxylation is 1. The number of nitrogen functional groups attached to an aromatic ring is 1. The lowest BCUT2D eigenvalue weighted by Gasteiger charge is -2.27. The number of nitrogens with two attached hydrogens (primary N) is 1. The summed E-state index contributed by atoms with van der Waals surface area (Å²) in [6, 6.07) is 11.6. The molecule has 6 heteroatoms. The minimum Gasteiger partial charge on any atom is -0.486 e. The Hall–Kier alpha value is -2.40. The molecule has 0 bridgehead atoms. The van der Waals surface area contributed by atoms with Crippen molar-refractivity contribution in [3.63, 3.8) is 0 Å². The summed E-state index contributed by atoms with van der Waals surface area (Å²) in [6.45, 7) is 3.84. The molecule has 1 atom stereocenters. The Morgan fingerprint density at radius 3 is 2.69 bits per heavy atom. The maximum atomic E-state index is 13.1. The third-order valence-corrected chi connectivity index (χ3v) is 4.96. The number of halogens is 1. The van der Waals surface area contributed by atoms with Crippen molar-refractivity contribution in [2.45, 2.75) is 25.8 Å². The van der Waals surface area contributed by atoms with Crippen LogP contribution < -0.4 is 15.2 Å². The molecular weight excluding hydrogens is 352 g/mol. The number of hydrogen-bond donors (Lipinski definition) is 1. The van der Waals surface area contributed by atoms with E-state index in [1.54, 1.807) is 6.07 Å². The minimum absolute atomic E-state index is 0. The van der Waals surface area contributed by atoms with Crippen molar-refractivity contribution >= 4 is 24.0 Å². The van der Waals surface area contributed by atoms with E-state index in [1.165, 1.54) is 0 Å². The van der Waals surface area contributed by atoms with E-state index in [0.29, 0.717) is 24.5 Å². The Kier molecular flexibility index (Phi) is 5.28. The number of anilines is 1. The van der Waals surface area contributed by atoms with Crippen LogP contribution in [0.3, 0.4) is 0 Å². The van der Waals surface area contributed by atoms with E-state index in [-0.39, 0.29) is 24.4 Å². The van der Waals surface area contributed by atoms with Gasteiger partial charge in [0.1, 0.15) is 13.2 Å². The number of amides is 1. The fourth-order valence-corrected chi connectivity index (χ4v) is 3.65. The number of hydrogen-bond acceptors (Lipinski definition) is 4. The van der Waals surface area contributed by atoms with Crippen LogP contribution >= 0.6 is 12.4 Å². The van der Waals surface area contributed by atoms with E-state index in [0.717, 1.165) is 42.0 Å². The molecule has 0 radical (unpaired) electrons. The van der Waals surface area contributed by atoms with Crippen molar-refractivity contribution in [2.24, 2.45) is 0 Å². The molecule has 1 fully saturated rings. The van der Waals surface area contributed by atoms with Gasteiger partial charge in [0.05, 0.1) is 6.04 Å². The molecule has 2 N–H and O–H groups in total. The van der Waals surface area contributed by atoms with Crippen molar-refractivity contribution in [3.05, 3.63) is 53.1 Å². The lowest BCUT2D eigenvalue weighted by molar-refractivity contribution is 0.0734. The van der Waals surface area contributed by atoms with Crippen LogP contribution in [0.25, 0.3) is 0 Å². The molecule has 138 valence electrons. The minimum atomic E-state index is 0. The van der Waals surface area contributed by atoms with Crippen LogP contribution in [-0.2, 0) is 0 Å². The molecule has 0 aliphatic carbocycles. The molecule has 0 aromatic heterocycles. The first-order chi connectivity index (χ1) is 12.1. The lowest BCUT2D eigenvalue weighted by atomic mass is 10.0. The molecule has 0 spiro atoms. The summed E-state index contributed by atoms with van der Waals surface area (Å²) in [5, 5.41) is 0. The van der Waals surface area contributed by atoms with Crippen LogP contribution in [0, 0.1) is 6.92 Å². The highest BCUT2D eigenvalue weighted by molar-refractivity contribution is 5.97. The fourth-order valence-electron chi connectivity index (χ4n) is 3.65. The monoisotopic (exact) mass is 374 g/mol. The molecular formula is C20H23ClN2O3. The van der Waals surface area contributed by atoms with E-state index < -0.39 is 0 Å². The molecule has 2 aliphatic heterocycles. The second-order valence-electron chi connectivity index (χ2n) is 6.63. The van der Waals surface area contributed by atoms with Crippen LogP contribution in [0.1, 0.15) is 40.4 Å². The predicted molar refractivity (Wildman–Crippen MR) is 103 cm³/mol. The van der Waals surface area contributed by atoms with Crippen LogP contribution in [-0.4, -0.2) is 30.6 Å². The Morgan fingerprint density at radius 1 is 1.12 bits per heavy atom. The second-order valence-corrected chi connectivity index (χ2v) is 6.63. The molecule has 2 aromatic carbocycles. The molecule has 26 heavy (non-hydrogen) atoms. The summed E-state index contributed by atoms with van der Waals surface area (Å²) < 4.78 is 11.3. The van der Waals surface area contributed by atoms with Crippen LogP contribution in [0.4, 0.5) is 5.69 Å². The van der Waals surface area contributed by atoms with Gasteiger partial charge in [-0.25, -0.2) is 0 Å². The van der Waals surface area contributed by atoms with Gasteiger partial charge in [-0.3, -0.25) is 4.79 Å². The van der Waals surface area contributed by atoms with E-state index in [4.69, 9.17) is 15.2 Å². The topological polar surface area (TPSA) is 64.8 Å². The zero-order valence-corrected chi connectivity index (χ0v) is 15.6. The standard InChI is InChI=1S/C20H22N2O3.ClH/c1-13-4-6-15(21)12-16(13)20(23)22-8-2-3-17(22)14-5-7-18-19(11-14)25-10-9-24-18;/h4-7,11-12,17H,2-3,8-10,21H2,1H3;1H. The maximum Gasteiger partial charge on any atom is 0.254 e. The molecule has 2 aliphatic rings. The zero-order valence-electron chi connectivity index (χ0n) is 14.7. The van der Waals surface area contributed by atoms with Gasteiger partial charge in [0, 0.05) is 17.8 Å². The molecule has 1 amide bonds. The average Bonchev–Trinajstić information content (AvgIpc) is 3.12. The van der Waals surface area contributed by atoms with Crippen molar-refractivity contribution in [1.29, 1.82) is 0 Å². The predicted octanol–water partition coefficient (Wildman–Crippen LogP) is 3.75. The molecule has 2 heterocycles. The smallest absolute Gasteiger partial charge is 0.254 e. The van der Waals surface area contributed by atoms with Gasteiger partial charge >= 0.3 is 0 Å². The van der Waals surface area contributed by atoms with Gasteiger partial charge in [-0.2, -0.15) is 0 Å². The third-order valence-electron chi connectivity index (χ3n) is 4.96. The average molecular weight is 375 g/mol. The van der Waals surface area contributed by atoms with Crippen LogP contribution in [0.5, 0.6) is 11.5 Å². The quantitative estimate of drug-likeness (QED) is 0.813. The maximum absolute atomic E-state index is 13.1. The number of carbonyl (C=O) groups excluding carboxylic acids is 1. The summed E-state index contributed by atoms with van der Waals surface area (Å²) >= 11 is 0. The van der Waals surface area contributed by atoms with Gasteiger partial charge in [0.15, 0.2) is 11.5 Å². The molecule has 4 rings (SSSR count). The number of fused-ring (bicyclic) bond motifs is 1. The largest absolute Gasteiger partial charge is 0.486 e.